The van der Waals surface area contributed by atoms with E-state index < -0.39 is 0 Å². The second-order valence-electron chi connectivity index (χ2n) is 7.34. The number of nitrogens with zero attached hydrogens (tertiary/aromatic N) is 2. The van der Waals surface area contributed by atoms with Gasteiger partial charge < -0.3 is 19.9 Å². The van der Waals surface area contributed by atoms with Crippen molar-refractivity contribution < 1.29 is 4.74 Å². The van der Waals surface area contributed by atoms with Crippen LogP contribution in [-0.4, -0.2) is 36.8 Å². The lowest BCUT2D eigenvalue weighted by molar-refractivity contribution is 0.357. The van der Waals surface area contributed by atoms with Crippen molar-refractivity contribution >= 4 is 5.96 Å². The number of unbranched alkanes of at least 4 members (excludes halogenated alkanes) is 1. The first-order valence-corrected chi connectivity index (χ1v) is 10.6. The van der Waals surface area contributed by atoms with E-state index in [9.17, 15) is 4.79 Å². The van der Waals surface area contributed by atoms with Gasteiger partial charge in [-0.3, -0.25) is 9.79 Å². The number of ether oxygens (including phenoxy) is 1. The fourth-order valence-corrected chi connectivity index (χ4v) is 3.54. The van der Waals surface area contributed by atoms with Gasteiger partial charge in [0.2, 0.25) is 0 Å². The van der Waals surface area contributed by atoms with Crippen molar-refractivity contribution in [1.29, 1.82) is 0 Å². The lowest BCUT2D eigenvalue weighted by atomic mass is 10.1. The minimum atomic E-state index is 0.0709. The van der Waals surface area contributed by atoms with Crippen LogP contribution in [0.25, 0.3) is 0 Å². The molecule has 2 heterocycles. The van der Waals surface area contributed by atoms with Gasteiger partial charge in [-0.2, -0.15) is 0 Å². The lowest BCUT2D eigenvalue weighted by Gasteiger charge is -2.12. The van der Waals surface area contributed by atoms with Gasteiger partial charge in [-0.15, -0.1) is 0 Å². The van der Waals surface area contributed by atoms with Crippen molar-refractivity contribution in [1.82, 2.24) is 15.2 Å². The molecular weight excluding hydrogens is 364 g/mol. The first-order chi connectivity index (χ1) is 14.2. The SMILES string of the molecule is CCNC(=NCCCCn1c(C)cccc1=O)NCCc1ccc2c(c1)CCO2. The maximum absolute atomic E-state index is 11.9. The standard InChI is InChI=1S/C23H32N4O2/c1-3-24-23(25-13-4-5-15-27-18(2)7-6-8-22(27)28)26-14-11-19-9-10-21-20(17-19)12-16-29-21/h6-10,17H,3-5,11-16H2,1-2H3,(H2,24,25,26). The Morgan fingerprint density at radius 3 is 2.93 bits per heavy atom. The molecule has 0 bridgehead atoms. The zero-order valence-corrected chi connectivity index (χ0v) is 17.5. The molecule has 0 aliphatic carbocycles. The Hall–Kier alpha value is -2.76. The zero-order chi connectivity index (χ0) is 20.5. The van der Waals surface area contributed by atoms with Crippen LogP contribution >= 0.6 is 0 Å². The summed E-state index contributed by atoms with van der Waals surface area (Å²) in [6.07, 6.45) is 3.84. The molecule has 1 aliphatic heterocycles. The van der Waals surface area contributed by atoms with E-state index in [4.69, 9.17) is 4.74 Å². The van der Waals surface area contributed by atoms with Gasteiger partial charge >= 0.3 is 0 Å². The number of benzene rings is 1. The molecule has 0 atom stereocenters. The highest BCUT2D eigenvalue weighted by atomic mass is 16.5. The number of aliphatic imine (C=N–C) groups is 1. The molecule has 0 radical (unpaired) electrons. The predicted octanol–water partition coefficient (Wildman–Crippen LogP) is 2.67. The number of guanidine groups is 1. The summed E-state index contributed by atoms with van der Waals surface area (Å²) >= 11 is 0. The van der Waals surface area contributed by atoms with E-state index in [1.165, 1.54) is 11.1 Å². The van der Waals surface area contributed by atoms with Crippen molar-refractivity contribution in [2.75, 3.05) is 26.2 Å². The van der Waals surface area contributed by atoms with E-state index in [0.29, 0.717) is 0 Å². The molecule has 2 aromatic rings. The number of nitrogens with one attached hydrogen (secondary N) is 2. The molecular formula is C23H32N4O2. The number of hydrogen-bond donors (Lipinski definition) is 2. The molecule has 0 unspecified atom stereocenters. The molecule has 1 aliphatic rings. The van der Waals surface area contributed by atoms with Gasteiger partial charge in [-0.1, -0.05) is 18.2 Å². The summed E-state index contributed by atoms with van der Waals surface area (Å²) in [6, 6.07) is 11.9. The third kappa shape index (κ3) is 6.11. The van der Waals surface area contributed by atoms with Gasteiger partial charge in [0.15, 0.2) is 5.96 Å². The number of aromatic nitrogens is 1. The molecule has 6 heteroatoms. The second-order valence-corrected chi connectivity index (χ2v) is 7.34. The average molecular weight is 397 g/mol. The summed E-state index contributed by atoms with van der Waals surface area (Å²) in [6.45, 7) is 8.00. The van der Waals surface area contributed by atoms with Crippen LogP contribution in [0.1, 0.15) is 36.6 Å². The number of rotatable bonds is 9. The molecule has 1 aromatic heterocycles. The average Bonchev–Trinajstić information content (AvgIpc) is 3.17. The number of pyridine rings is 1. The Balaban J connectivity index is 1.41. The first-order valence-electron chi connectivity index (χ1n) is 10.6. The van der Waals surface area contributed by atoms with E-state index in [-0.39, 0.29) is 5.56 Å². The number of aryl methyl sites for hydroxylation is 1. The molecule has 1 aromatic carbocycles. The fraction of sp³-hybridized carbons (Fsp3) is 0.478. The maximum Gasteiger partial charge on any atom is 0.250 e. The molecule has 156 valence electrons. The van der Waals surface area contributed by atoms with Crippen molar-refractivity contribution in [3.05, 3.63) is 63.6 Å². The van der Waals surface area contributed by atoms with E-state index in [2.05, 4.69) is 40.7 Å². The molecule has 3 rings (SSSR count). The monoisotopic (exact) mass is 396 g/mol. The van der Waals surface area contributed by atoms with Crippen LogP contribution in [0.2, 0.25) is 0 Å². The summed E-state index contributed by atoms with van der Waals surface area (Å²) in [5.74, 6) is 1.88. The van der Waals surface area contributed by atoms with Crippen LogP contribution in [0.15, 0.2) is 46.2 Å². The van der Waals surface area contributed by atoms with E-state index >= 15 is 0 Å². The lowest BCUT2D eigenvalue weighted by Crippen LogP contribution is -2.38. The van der Waals surface area contributed by atoms with Gasteiger partial charge in [0.1, 0.15) is 5.75 Å². The van der Waals surface area contributed by atoms with E-state index in [1.54, 1.807) is 6.07 Å². The zero-order valence-electron chi connectivity index (χ0n) is 17.5. The van der Waals surface area contributed by atoms with Crippen molar-refractivity contribution in [3.8, 4) is 5.75 Å². The van der Waals surface area contributed by atoms with Gasteiger partial charge in [0, 0.05) is 44.4 Å². The predicted molar refractivity (Wildman–Crippen MR) is 118 cm³/mol. The van der Waals surface area contributed by atoms with E-state index in [1.807, 2.05) is 23.6 Å². The van der Waals surface area contributed by atoms with Gasteiger partial charge in [-0.05, 0) is 56.4 Å². The Kier molecular flexibility index (Phi) is 7.73. The normalized spacial score (nSPS) is 13.1. The van der Waals surface area contributed by atoms with Crippen LogP contribution in [0.3, 0.4) is 0 Å². The van der Waals surface area contributed by atoms with Crippen LogP contribution < -0.4 is 20.9 Å². The highest BCUT2D eigenvalue weighted by Gasteiger charge is 2.11. The third-order valence-corrected chi connectivity index (χ3v) is 5.13. The highest BCUT2D eigenvalue weighted by molar-refractivity contribution is 5.79. The van der Waals surface area contributed by atoms with Gasteiger partial charge in [-0.25, -0.2) is 0 Å². The van der Waals surface area contributed by atoms with Crippen molar-refractivity contribution in [3.63, 3.8) is 0 Å². The summed E-state index contributed by atoms with van der Waals surface area (Å²) in [5.41, 5.74) is 3.72. The molecule has 6 nitrogen and oxygen atoms in total. The largest absolute Gasteiger partial charge is 0.493 e. The molecule has 0 spiro atoms. The second kappa shape index (κ2) is 10.7. The number of hydrogen-bond acceptors (Lipinski definition) is 3. The van der Waals surface area contributed by atoms with Crippen LogP contribution in [-0.2, 0) is 19.4 Å². The van der Waals surface area contributed by atoms with Crippen LogP contribution in [0, 0.1) is 6.92 Å². The van der Waals surface area contributed by atoms with Crippen LogP contribution in [0.5, 0.6) is 5.75 Å². The summed E-state index contributed by atoms with van der Waals surface area (Å²) in [7, 11) is 0. The quantitative estimate of drug-likeness (QED) is 0.389. The minimum absolute atomic E-state index is 0.0709. The summed E-state index contributed by atoms with van der Waals surface area (Å²) < 4.78 is 7.40. The fourth-order valence-electron chi connectivity index (χ4n) is 3.54. The molecule has 0 fully saturated rings. The van der Waals surface area contributed by atoms with Gasteiger partial charge in [0.25, 0.3) is 5.56 Å². The molecule has 2 N–H and O–H groups in total. The van der Waals surface area contributed by atoms with Crippen molar-refractivity contribution in [2.45, 2.75) is 46.1 Å². The number of fused-ring (bicyclic) bond motifs is 1. The summed E-state index contributed by atoms with van der Waals surface area (Å²) in [5, 5.41) is 6.72. The van der Waals surface area contributed by atoms with Crippen molar-refractivity contribution in [2.24, 2.45) is 4.99 Å². The Morgan fingerprint density at radius 2 is 2.10 bits per heavy atom. The van der Waals surface area contributed by atoms with Gasteiger partial charge in [0.05, 0.1) is 6.61 Å². The minimum Gasteiger partial charge on any atom is -0.493 e. The Morgan fingerprint density at radius 1 is 1.21 bits per heavy atom. The third-order valence-electron chi connectivity index (χ3n) is 5.13. The first kappa shape index (κ1) is 21.0. The summed E-state index contributed by atoms with van der Waals surface area (Å²) in [4.78, 5) is 16.6. The maximum atomic E-state index is 11.9. The Labute approximate surface area is 173 Å². The van der Waals surface area contributed by atoms with E-state index in [0.717, 1.165) is 75.9 Å². The topological polar surface area (TPSA) is 67.7 Å². The molecule has 29 heavy (non-hydrogen) atoms. The smallest absolute Gasteiger partial charge is 0.250 e. The molecule has 0 amide bonds. The highest BCUT2D eigenvalue weighted by Crippen LogP contribution is 2.25. The Bertz CT molecular complexity index is 889. The molecule has 0 saturated heterocycles. The van der Waals surface area contributed by atoms with Crippen LogP contribution in [0.4, 0.5) is 0 Å². The molecule has 0 saturated carbocycles.